The lowest BCUT2D eigenvalue weighted by molar-refractivity contribution is -0.145. The molecule has 0 spiro atoms. The molecule has 0 bridgehead atoms. The molecular weight excluding hydrogens is 348 g/mol. The number of benzene rings is 1. The maximum atomic E-state index is 12.4. The van der Waals surface area contributed by atoms with Gasteiger partial charge in [0.2, 0.25) is 11.8 Å². The van der Waals surface area contributed by atoms with Gasteiger partial charge in [-0.25, -0.2) is 4.79 Å². The van der Waals surface area contributed by atoms with Crippen LogP contribution in [0.25, 0.3) is 0 Å². The summed E-state index contributed by atoms with van der Waals surface area (Å²) in [5, 5.41) is 4.61. The molecule has 2 aliphatic heterocycles. The molecule has 2 fully saturated rings. The number of amides is 5. The van der Waals surface area contributed by atoms with Gasteiger partial charge in [-0.2, -0.15) is 0 Å². The molecular formula is C19H24N4O4. The van der Waals surface area contributed by atoms with Crippen molar-refractivity contribution in [3.63, 3.8) is 0 Å². The minimum atomic E-state index is -0.678. The van der Waals surface area contributed by atoms with Crippen molar-refractivity contribution in [1.82, 2.24) is 20.4 Å². The summed E-state index contributed by atoms with van der Waals surface area (Å²) in [4.78, 5) is 50.7. The molecule has 0 unspecified atom stereocenters. The summed E-state index contributed by atoms with van der Waals surface area (Å²) in [5.41, 5.74) is 3.48. The van der Waals surface area contributed by atoms with Crippen LogP contribution in [0.15, 0.2) is 18.2 Å². The van der Waals surface area contributed by atoms with E-state index in [0.29, 0.717) is 19.6 Å². The van der Waals surface area contributed by atoms with Crippen LogP contribution in [-0.2, 0) is 20.9 Å². The monoisotopic (exact) mass is 372 g/mol. The molecule has 0 saturated carbocycles. The lowest BCUT2D eigenvalue weighted by Gasteiger charge is -2.34. The molecule has 1 aromatic rings. The summed E-state index contributed by atoms with van der Waals surface area (Å²) in [6.07, 6.45) is 0.344. The maximum absolute atomic E-state index is 12.4. The average Bonchev–Trinajstić information content (AvgIpc) is 2.95. The highest BCUT2D eigenvalue weighted by Crippen LogP contribution is 2.15. The first-order valence-corrected chi connectivity index (χ1v) is 9.06. The molecule has 8 nitrogen and oxygen atoms in total. The topological polar surface area (TPSA) is 98.8 Å². The van der Waals surface area contributed by atoms with Crippen molar-refractivity contribution in [3.8, 4) is 0 Å². The normalized spacial score (nSPS) is 19.9. The molecule has 2 saturated heterocycles. The van der Waals surface area contributed by atoms with Gasteiger partial charge in [0.15, 0.2) is 0 Å². The summed E-state index contributed by atoms with van der Waals surface area (Å²) in [6, 6.07) is 4.94. The maximum Gasteiger partial charge on any atom is 0.322 e. The van der Waals surface area contributed by atoms with Gasteiger partial charge in [-0.05, 0) is 37.0 Å². The van der Waals surface area contributed by atoms with Crippen molar-refractivity contribution in [3.05, 3.63) is 34.9 Å². The van der Waals surface area contributed by atoms with Crippen LogP contribution in [0.3, 0.4) is 0 Å². The molecule has 8 heteroatoms. The van der Waals surface area contributed by atoms with Crippen LogP contribution in [-0.4, -0.2) is 59.2 Å². The van der Waals surface area contributed by atoms with Gasteiger partial charge in [0.05, 0.1) is 6.54 Å². The Morgan fingerprint density at radius 2 is 1.93 bits per heavy atom. The molecule has 2 heterocycles. The molecule has 144 valence electrons. The van der Waals surface area contributed by atoms with Crippen LogP contribution < -0.4 is 10.6 Å². The molecule has 0 aromatic heterocycles. The predicted molar refractivity (Wildman–Crippen MR) is 97.6 cm³/mol. The fourth-order valence-electron chi connectivity index (χ4n) is 3.30. The van der Waals surface area contributed by atoms with Crippen molar-refractivity contribution in [2.24, 2.45) is 0 Å². The number of imide groups is 1. The van der Waals surface area contributed by atoms with E-state index >= 15 is 0 Å². The molecule has 2 aliphatic rings. The molecule has 0 aliphatic carbocycles. The summed E-state index contributed by atoms with van der Waals surface area (Å²) < 4.78 is 0. The number of rotatable bonds is 5. The molecule has 5 amide bonds. The van der Waals surface area contributed by atoms with E-state index < -0.39 is 18.0 Å². The lowest BCUT2D eigenvalue weighted by Crippen LogP contribution is -2.52. The average molecular weight is 372 g/mol. The van der Waals surface area contributed by atoms with Gasteiger partial charge < -0.3 is 15.1 Å². The second-order valence-corrected chi connectivity index (χ2v) is 7.10. The summed E-state index contributed by atoms with van der Waals surface area (Å²) in [5.74, 6) is -0.676. The quantitative estimate of drug-likeness (QED) is 0.734. The smallest absolute Gasteiger partial charge is 0.322 e. The van der Waals surface area contributed by atoms with Crippen LogP contribution in [0.1, 0.15) is 29.5 Å². The van der Waals surface area contributed by atoms with E-state index in [2.05, 4.69) is 23.6 Å². The zero-order valence-electron chi connectivity index (χ0n) is 15.6. The zero-order valence-corrected chi connectivity index (χ0v) is 15.6. The molecule has 2 N–H and O–H groups in total. The van der Waals surface area contributed by atoms with Crippen LogP contribution >= 0.6 is 0 Å². The summed E-state index contributed by atoms with van der Waals surface area (Å²) in [7, 11) is 0. The minimum Gasteiger partial charge on any atom is -0.335 e. The standard InChI is InChI=1S/C19H24N4O4/c1-12-3-4-14(9-13(12)2)10-22-7-8-23(11-17(22)25)16(24)6-5-15-18(26)21-19(27)20-15/h3-4,9,15H,5-8,10-11H2,1-2H3,(H2,20,21,26,27)/t15-/m0/s1. The van der Waals surface area contributed by atoms with Gasteiger partial charge >= 0.3 is 6.03 Å². The number of urea groups is 1. The van der Waals surface area contributed by atoms with E-state index in [4.69, 9.17) is 0 Å². The summed E-state index contributed by atoms with van der Waals surface area (Å²) in [6.45, 7) is 5.64. The van der Waals surface area contributed by atoms with Crippen LogP contribution in [0.5, 0.6) is 0 Å². The second kappa shape index (κ2) is 7.77. The van der Waals surface area contributed by atoms with Crippen molar-refractivity contribution in [2.45, 2.75) is 39.3 Å². The number of piperazine rings is 1. The molecule has 1 atom stereocenters. The fourth-order valence-corrected chi connectivity index (χ4v) is 3.30. The van der Waals surface area contributed by atoms with E-state index in [1.165, 1.54) is 16.0 Å². The third-order valence-corrected chi connectivity index (χ3v) is 5.12. The Balaban J connectivity index is 1.49. The van der Waals surface area contributed by atoms with Crippen molar-refractivity contribution in [1.29, 1.82) is 0 Å². The number of hydrogen-bond donors (Lipinski definition) is 2. The number of nitrogens with one attached hydrogen (secondary N) is 2. The van der Waals surface area contributed by atoms with E-state index in [9.17, 15) is 19.2 Å². The molecule has 0 radical (unpaired) electrons. The highest BCUT2D eigenvalue weighted by molar-refractivity contribution is 6.04. The van der Waals surface area contributed by atoms with Crippen molar-refractivity contribution >= 4 is 23.8 Å². The zero-order chi connectivity index (χ0) is 19.6. The molecule has 27 heavy (non-hydrogen) atoms. The second-order valence-electron chi connectivity index (χ2n) is 7.10. The highest BCUT2D eigenvalue weighted by atomic mass is 16.2. The van der Waals surface area contributed by atoms with Gasteiger partial charge in [0.1, 0.15) is 6.04 Å². The lowest BCUT2D eigenvalue weighted by atomic mass is 10.1. The Morgan fingerprint density at radius 3 is 2.56 bits per heavy atom. The van der Waals surface area contributed by atoms with E-state index in [-0.39, 0.29) is 31.2 Å². The van der Waals surface area contributed by atoms with Crippen molar-refractivity contribution < 1.29 is 19.2 Å². The Kier molecular flexibility index (Phi) is 5.43. The number of aryl methyl sites for hydroxylation is 2. The van der Waals surface area contributed by atoms with Gasteiger partial charge in [-0.15, -0.1) is 0 Å². The SMILES string of the molecule is Cc1ccc(CN2CCN(C(=O)CC[C@@H]3NC(=O)NC3=O)CC2=O)cc1C. The van der Waals surface area contributed by atoms with Crippen LogP contribution in [0.4, 0.5) is 4.79 Å². The van der Waals surface area contributed by atoms with Gasteiger partial charge in [0.25, 0.3) is 5.91 Å². The first kappa shape index (κ1) is 18.9. The van der Waals surface area contributed by atoms with Crippen LogP contribution in [0.2, 0.25) is 0 Å². The van der Waals surface area contributed by atoms with Crippen molar-refractivity contribution in [2.75, 3.05) is 19.6 Å². The van der Waals surface area contributed by atoms with Gasteiger partial charge in [-0.1, -0.05) is 18.2 Å². The highest BCUT2D eigenvalue weighted by Gasteiger charge is 2.31. The first-order valence-electron chi connectivity index (χ1n) is 9.06. The largest absolute Gasteiger partial charge is 0.335 e. The molecule has 1 aromatic carbocycles. The number of carbonyl (C=O) groups is 4. The Labute approximate surface area is 157 Å². The fraction of sp³-hybridized carbons (Fsp3) is 0.474. The third-order valence-electron chi connectivity index (χ3n) is 5.12. The first-order chi connectivity index (χ1) is 12.8. The Hall–Kier alpha value is -2.90. The van der Waals surface area contributed by atoms with Gasteiger partial charge in [-0.3, -0.25) is 19.7 Å². The molecule has 3 rings (SSSR count). The van der Waals surface area contributed by atoms with E-state index in [1.54, 1.807) is 4.90 Å². The summed E-state index contributed by atoms with van der Waals surface area (Å²) >= 11 is 0. The number of nitrogens with zero attached hydrogens (tertiary/aromatic N) is 2. The third kappa shape index (κ3) is 4.45. The van der Waals surface area contributed by atoms with Crippen LogP contribution in [0, 0.1) is 13.8 Å². The Bertz CT molecular complexity index is 792. The minimum absolute atomic E-state index is 0.0485. The Morgan fingerprint density at radius 1 is 1.15 bits per heavy atom. The van der Waals surface area contributed by atoms with E-state index in [1.807, 2.05) is 19.1 Å². The van der Waals surface area contributed by atoms with Gasteiger partial charge in [0, 0.05) is 26.1 Å². The van der Waals surface area contributed by atoms with E-state index in [0.717, 1.165) is 5.56 Å². The predicted octanol–water partition coefficient (Wildman–Crippen LogP) is 0.462. The number of hydrogen-bond acceptors (Lipinski definition) is 4. The number of carbonyl (C=O) groups excluding carboxylic acids is 4.